The molecule has 0 saturated carbocycles. The lowest BCUT2D eigenvalue weighted by atomic mass is 9.70. The van der Waals surface area contributed by atoms with Crippen molar-refractivity contribution in [2.75, 3.05) is 4.90 Å². The van der Waals surface area contributed by atoms with Crippen LogP contribution in [-0.2, 0) is 5.41 Å². The molecular formula is C67H41N. The van der Waals surface area contributed by atoms with E-state index in [4.69, 9.17) is 0 Å². The monoisotopic (exact) mass is 859 g/mol. The van der Waals surface area contributed by atoms with Crippen LogP contribution in [0, 0.1) is 0 Å². The van der Waals surface area contributed by atoms with Crippen LogP contribution in [0.4, 0.5) is 17.1 Å². The standard InChI is InChI=1S/C67H41N/c1-2-18-43-37-45(34-33-42(43)17-1)58-40-60-56-28-13-16-32-63(56)67(61-30-14-11-26-54(61)55-27-12-15-31-62(55)67)64(60)41-66(58)68(65-38-44-19-3-4-20-47(44)48-21-9-10-29-57(48)65)46-35-36-53-51-24-6-5-22-49(51)50-23-7-8-25-52(50)59(53)39-46/h1-41H. The average molecular weight is 860 g/mol. The molecule has 2 aliphatic rings. The molecule has 1 heteroatoms. The first-order valence-electron chi connectivity index (χ1n) is 23.7. The Morgan fingerprint density at radius 2 is 0.706 bits per heavy atom. The number of benzene rings is 13. The van der Waals surface area contributed by atoms with Crippen molar-refractivity contribution in [1.29, 1.82) is 0 Å². The molecule has 0 aromatic heterocycles. The van der Waals surface area contributed by atoms with Crippen molar-refractivity contribution < 1.29 is 0 Å². The summed E-state index contributed by atoms with van der Waals surface area (Å²) in [5.41, 5.74) is 15.7. The number of fused-ring (bicyclic) bond motifs is 20. The van der Waals surface area contributed by atoms with E-state index in [0.717, 1.165) is 17.1 Å². The third-order valence-corrected chi connectivity index (χ3v) is 15.4. The maximum atomic E-state index is 2.60. The lowest BCUT2D eigenvalue weighted by molar-refractivity contribution is 0.794. The van der Waals surface area contributed by atoms with Gasteiger partial charge in [-0.2, -0.15) is 0 Å². The highest BCUT2D eigenvalue weighted by Crippen LogP contribution is 2.64. The molecule has 2 aliphatic carbocycles. The van der Waals surface area contributed by atoms with Crippen molar-refractivity contribution >= 4 is 81.7 Å². The normalized spacial score (nSPS) is 13.1. The summed E-state index contributed by atoms with van der Waals surface area (Å²) in [7, 11) is 0. The van der Waals surface area contributed by atoms with Crippen LogP contribution in [0.2, 0.25) is 0 Å². The molecule has 0 heterocycles. The highest BCUT2D eigenvalue weighted by Gasteiger charge is 2.52. The summed E-state index contributed by atoms with van der Waals surface area (Å²) in [6, 6.07) is 93.7. The number of nitrogens with zero attached hydrogens (tertiary/aromatic N) is 1. The van der Waals surface area contributed by atoms with Crippen LogP contribution in [0.15, 0.2) is 249 Å². The van der Waals surface area contributed by atoms with Gasteiger partial charge in [0, 0.05) is 16.6 Å². The first kappa shape index (κ1) is 37.4. The summed E-state index contributed by atoms with van der Waals surface area (Å²) < 4.78 is 0. The van der Waals surface area contributed by atoms with Crippen LogP contribution in [0.1, 0.15) is 22.3 Å². The lowest BCUT2D eigenvalue weighted by Gasteiger charge is -2.34. The van der Waals surface area contributed by atoms with Gasteiger partial charge >= 0.3 is 0 Å². The Hall–Kier alpha value is -8.78. The quantitative estimate of drug-likeness (QED) is 0.159. The first-order chi connectivity index (χ1) is 33.7. The maximum absolute atomic E-state index is 2.60. The zero-order chi connectivity index (χ0) is 44.5. The largest absolute Gasteiger partial charge is 0.309 e. The van der Waals surface area contributed by atoms with Crippen molar-refractivity contribution in [3.05, 3.63) is 271 Å². The Labute approximate surface area is 394 Å². The highest BCUT2D eigenvalue weighted by molar-refractivity contribution is 6.26. The summed E-state index contributed by atoms with van der Waals surface area (Å²) in [5.74, 6) is 0. The fourth-order valence-corrected chi connectivity index (χ4v) is 12.6. The molecule has 13 aromatic rings. The zero-order valence-electron chi connectivity index (χ0n) is 37.1. The Kier molecular flexibility index (Phi) is 7.77. The highest BCUT2D eigenvalue weighted by atomic mass is 15.1. The van der Waals surface area contributed by atoms with E-state index in [1.54, 1.807) is 0 Å². The van der Waals surface area contributed by atoms with E-state index in [2.05, 4.69) is 254 Å². The van der Waals surface area contributed by atoms with Gasteiger partial charge in [0.05, 0.1) is 16.8 Å². The molecule has 0 unspecified atom stereocenters. The molecule has 0 atom stereocenters. The molecule has 314 valence electrons. The topological polar surface area (TPSA) is 3.24 Å². The number of hydrogen-bond acceptors (Lipinski definition) is 1. The van der Waals surface area contributed by atoms with Gasteiger partial charge in [0.1, 0.15) is 0 Å². The zero-order valence-corrected chi connectivity index (χ0v) is 37.1. The molecular weight excluding hydrogens is 819 g/mol. The molecule has 0 amide bonds. The van der Waals surface area contributed by atoms with Gasteiger partial charge in [-0.05, 0) is 146 Å². The third kappa shape index (κ3) is 5.05. The summed E-state index contributed by atoms with van der Waals surface area (Å²) in [6.45, 7) is 0. The molecule has 1 nitrogen and oxygen atoms in total. The van der Waals surface area contributed by atoms with E-state index in [9.17, 15) is 0 Å². The van der Waals surface area contributed by atoms with Gasteiger partial charge in [-0.15, -0.1) is 0 Å². The predicted molar refractivity (Wildman–Crippen MR) is 288 cm³/mol. The molecule has 68 heavy (non-hydrogen) atoms. The smallest absolute Gasteiger partial charge is 0.0726 e. The molecule has 13 aromatic carbocycles. The number of rotatable bonds is 4. The van der Waals surface area contributed by atoms with Gasteiger partial charge in [-0.3, -0.25) is 0 Å². The van der Waals surface area contributed by atoms with Crippen LogP contribution in [0.3, 0.4) is 0 Å². The Balaban J connectivity index is 1.13. The molecule has 0 bridgehead atoms. The van der Waals surface area contributed by atoms with E-state index in [0.29, 0.717) is 0 Å². The Morgan fingerprint density at radius 3 is 1.34 bits per heavy atom. The van der Waals surface area contributed by atoms with Gasteiger partial charge in [0.2, 0.25) is 0 Å². The lowest BCUT2D eigenvalue weighted by Crippen LogP contribution is -2.26. The maximum Gasteiger partial charge on any atom is 0.0726 e. The van der Waals surface area contributed by atoms with Crippen LogP contribution in [0.5, 0.6) is 0 Å². The summed E-state index contributed by atoms with van der Waals surface area (Å²) in [6.07, 6.45) is 0. The fourth-order valence-electron chi connectivity index (χ4n) is 12.6. The van der Waals surface area contributed by atoms with Gasteiger partial charge in [-0.1, -0.05) is 212 Å². The molecule has 15 rings (SSSR count). The first-order valence-corrected chi connectivity index (χ1v) is 23.7. The van der Waals surface area contributed by atoms with E-state index in [1.165, 1.54) is 120 Å². The van der Waals surface area contributed by atoms with Crippen LogP contribution in [-0.4, -0.2) is 0 Å². The van der Waals surface area contributed by atoms with Crippen molar-refractivity contribution in [3.8, 4) is 33.4 Å². The molecule has 0 radical (unpaired) electrons. The average Bonchev–Trinajstić information content (AvgIpc) is 3.87. The minimum atomic E-state index is -0.522. The summed E-state index contributed by atoms with van der Waals surface area (Å²) in [4.78, 5) is 2.60. The van der Waals surface area contributed by atoms with E-state index < -0.39 is 5.41 Å². The van der Waals surface area contributed by atoms with Crippen molar-refractivity contribution in [2.45, 2.75) is 5.41 Å². The second kappa shape index (κ2) is 14.1. The van der Waals surface area contributed by atoms with Gasteiger partial charge in [0.15, 0.2) is 0 Å². The predicted octanol–water partition coefficient (Wildman–Crippen LogP) is 18.1. The Bertz CT molecular complexity index is 4210. The number of hydrogen-bond donors (Lipinski definition) is 0. The second-order valence-corrected chi connectivity index (χ2v) is 18.7. The molecule has 0 fully saturated rings. The van der Waals surface area contributed by atoms with Crippen molar-refractivity contribution in [3.63, 3.8) is 0 Å². The Morgan fingerprint density at radius 1 is 0.235 bits per heavy atom. The van der Waals surface area contributed by atoms with E-state index in [-0.39, 0.29) is 0 Å². The number of anilines is 3. The molecule has 0 aliphatic heterocycles. The molecule has 1 spiro atoms. The van der Waals surface area contributed by atoms with Crippen LogP contribution in [0.25, 0.3) is 98.0 Å². The van der Waals surface area contributed by atoms with Crippen LogP contribution < -0.4 is 4.90 Å². The van der Waals surface area contributed by atoms with E-state index in [1.807, 2.05) is 0 Å². The second-order valence-electron chi connectivity index (χ2n) is 18.7. The third-order valence-electron chi connectivity index (χ3n) is 15.4. The van der Waals surface area contributed by atoms with Crippen LogP contribution >= 0.6 is 0 Å². The summed E-state index contributed by atoms with van der Waals surface area (Å²) >= 11 is 0. The molecule has 0 N–H and O–H groups in total. The van der Waals surface area contributed by atoms with Gasteiger partial charge < -0.3 is 4.90 Å². The fraction of sp³-hybridized carbons (Fsp3) is 0.0149. The molecule has 0 saturated heterocycles. The van der Waals surface area contributed by atoms with Crippen molar-refractivity contribution in [2.24, 2.45) is 0 Å². The van der Waals surface area contributed by atoms with Gasteiger partial charge in [0.25, 0.3) is 0 Å². The summed E-state index contributed by atoms with van der Waals surface area (Å²) in [5, 5.41) is 14.9. The van der Waals surface area contributed by atoms with Crippen molar-refractivity contribution in [1.82, 2.24) is 0 Å². The van der Waals surface area contributed by atoms with Gasteiger partial charge in [-0.25, -0.2) is 0 Å². The minimum absolute atomic E-state index is 0.522. The minimum Gasteiger partial charge on any atom is -0.309 e. The van der Waals surface area contributed by atoms with E-state index >= 15 is 0 Å². The SMILES string of the molecule is c1ccc2c(c1)-c1ccccc1C21c2ccccc2-c2cc(-c3ccc4ccccc4c3)c(N(c3ccc4c5ccccc5c5ccccc5c4c3)c3cc4ccccc4c4ccccc34)cc21.